The number of carbonyl (C=O) groups excluding carboxylic acids is 2. The molecule has 1 aliphatic heterocycles. The second-order valence-corrected chi connectivity index (χ2v) is 9.76. The summed E-state index contributed by atoms with van der Waals surface area (Å²) in [7, 11) is 3.18. The van der Waals surface area contributed by atoms with E-state index in [9.17, 15) is 14.7 Å². The first-order valence-corrected chi connectivity index (χ1v) is 12.0. The topological polar surface area (TPSA) is 76.1 Å². The maximum Gasteiger partial charge on any atom is 0.262 e. The molecule has 6 nitrogen and oxygen atoms in total. The van der Waals surface area contributed by atoms with Crippen LogP contribution >= 0.6 is 0 Å². The van der Waals surface area contributed by atoms with Crippen LogP contribution < -0.4 is 9.47 Å². The molecule has 0 saturated heterocycles. The molecule has 1 aromatic carbocycles. The molecule has 2 aliphatic carbocycles. The van der Waals surface area contributed by atoms with Gasteiger partial charge in [-0.25, -0.2) is 0 Å². The Bertz CT molecular complexity index is 1020. The summed E-state index contributed by atoms with van der Waals surface area (Å²) in [5.74, 6) is 0.553. The van der Waals surface area contributed by atoms with Crippen LogP contribution in [0.2, 0.25) is 0 Å². The molecule has 1 atom stereocenters. The largest absolute Gasteiger partial charge is 0.509 e. The number of hydrogen-bond donors (Lipinski definition) is 1. The zero-order valence-electron chi connectivity index (χ0n) is 20.2. The third-order valence-electron chi connectivity index (χ3n) is 7.90. The molecule has 1 aromatic rings. The molecule has 1 amide bonds. The molecule has 4 rings (SSSR count). The van der Waals surface area contributed by atoms with Crippen molar-refractivity contribution < 1.29 is 24.2 Å². The molecule has 0 radical (unpaired) electrons. The lowest BCUT2D eigenvalue weighted by molar-refractivity contribution is -0.133. The van der Waals surface area contributed by atoms with E-state index in [1.165, 1.54) is 11.1 Å². The number of aliphatic hydroxyl groups is 1. The Hall–Kier alpha value is -2.76. The lowest BCUT2D eigenvalue weighted by atomic mass is 9.76. The summed E-state index contributed by atoms with van der Waals surface area (Å²) < 4.78 is 10.9. The third kappa shape index (κ3) is 4.04. The quantitative estimate of drug-likeness (QED) is 0.469. The fraction of sp³-hybridized carbons (Fsp3) is 0.556. The van der Waals surface area contributed by atoms with Crippen LogP contribution in [-0.2, 0) is 16.1 Å². The molecule has 178 valence electrons. The van der Waals surface area contributed by atoms with E-state index in [1.54, 1.807) is 25.2 Å². The highest BCUT2D eigenvalue weighted by Crippen LogP contribution is 2.48. The van der Waals surface area contributed by atoms with E-state index in [4.69, 9.17) is 9.47 Å². The summed E-state index contributed by atoms with van der Waals surface area (Å²) in [5, 5.41) is 11.5. The second-order valence-electron chi connectivity index (χ2n) is 9.76. The monoisotopic (exact) mass is 453 g/mol. The standard InChI is InChI=1S/C27H35NO5/c1-17-12-13-27(15-18(17)2)25(30)23(24(29)19-8-6-5-7-9-19)26(31)28(27)16-20-10-11-21(32-3)14-22(20)33-4/h10-11,14,19,30H,5-9,12-13,15-16H2,1-4H3. The normalized spacial score (nSPS) is 24.1. The van der Waals surface area contributed by atoms with E-state index in [2.05, 4.69) is 13.8 Å². The molecule has 1 unspecified atom stereocenters. The number of rotatable bonds is 6. The van der Waals surface area contributed by atoms with Crippen LogP contribution in [0.5, 0.6) is 11.5 Å². The molecule has 1 spiro atoms. The minimum atomic E-state index is -0.884. The van der Waals surface area contributed by atoms with Crippen LogP contribution in [0.4, 0.5) is 0 Å². The number of ether oxygens (including phenoxy) is 2. The molecule has 1 heterocycles. The van der Waals surface area contributed by atoms with Gasteiger partial charge in [-0.3, -0.25) is 9.59 Å². The van der Waals surface area contributed by atoms with Crippen molar-refractivity contribution in [3.8, 4) is 11.5 Å². The van der Waals surface area contributed by atoms with Gasteiger partial charge >= 0.3 is 0 Å². The van der Waals surface area contributed by atoms with Crippen molar-refractivity contribution in [2.24, 2.45) is 5.92 Å². The Morgan fingerprint density at radius 2 is 1.85 bits per heavy atom. The average Bonchev–Trinajstić information content (AvgIpc) is 3.02. The molecule has 3 aliphatic rings. The highest BCUT2D eigenvalue weighted by molar-refractivity contribution is 6.22. The maximum atomic E-state index is 13.8. The van der Waals surface area contributed by atoms with Gasteiger partial charge in [-0.1, -0.05) is 30.4 Å². The summed E-state index contributed by atoms with van der Waals surface area (Å²) in [5.41, 5.74) is 2.40. The predicted octanol–water partition coefficient (Wildman–Crippen LogP) is 5.27. The van der Waals surface area contributed by atoms with Crippen LogP contribution in [0.15, 0.2) is 40.7 Å². The van der Waals surface area contributed by atoms with Crippen LogP contribution in [0.3, 0.4) is 0 Å². The van der Waals surface area contributed by atoms with Crippen molar-refractivity contribution in [3.05, 3.63) is 46.2 Å². The van der Waals surface area contributed by atoms with Gasteiger partial charge in [0.2, 0.25) is 0 Å². The van der Waals surface area contributed by atoms with Gasteiger partial charge in [-0.2, -0.15) is 0 Å². The minimum absolute atomic E-state index is 0.0155. The van der Waals surface area contributed by atoms with E-state index in [-0.39, 0.29) is 35.5 Å². The molecule has 0 aromatic heterocycles. The van der Waals surface area contributed by atoms with Crippen LogP contribution in [0.1, 0.15) is 70.8 Å². The fourth-order valence-electron chi connectivity index (χ4n) is 5.68. The van der Waals surface area contributed by atoms with Crippen molar-refractivity contribution in [3.63, 3.8) is 0 Å². The Labute approximate surface area is 196 Å². The fourth-order valence-corrected chi connectivity index (χ4v) is 5.68. The summed E-state index contributed by atoms with van der Waals surface area (Å²) >= 11 is 0. The molecule has 1 fully saturated rings. The summed E-state index contributed by atoms with van der Waals surface area (Å²) in [6, 6.07) is 5.51. The molecule has 6 heteroatoms. The number of Topliss-reactive ketones (excluding diaryl/α,β-unsaturated/α-hetero) is 1. The van der Waals surface area contributed by atoms with Gasteiger partial charge in [-0.05, 0) is 58.1 Å². The molecule has 1 N–H and O–H groups in total. The third-order valence-corrected chi connectivity index (χ3v) is 7.90. The number of nitrogens with zero attached hydrogens (tertiary/aromatic N) is 1. The molecule has 0 bridgehead atoms. The summed E-state index contributed by atoms with van der Waals surface area (Å²) in [6.07, 6.45) is 6.63. The first-order valence-electron chi connectivity index (χ1n) is 12.0. The average molecular weight is 454 g/mol. The van der Waals surface area contributed by atoms with Crippen molar-refractivity contribution in [2.75, 3.05) is 14.2 Å². The number of methoxy groups -OCH3 is 2. The first-order chi connectivity index (χ1) is 15.8. The number of hydrogen-bond acceptors (Lipinski definition) is 5. The van der Waals surface area contributed by atoms with Crippen molar-refractivity contribution >= 4 is 11.7 Å². The maximum absolute atomic E-state index is 13.8. The van der Waals surface area contributed by atoms with Crippen LogP contribution in [0, 0.1) is 5.92 Å². The highest BCUT2D eigenvalue weighted by Gasteiger charge is 2.55. The lowest BCUT2D eigenvalue weighted by Crippen LogP contribution is -2.49. The Kier molecular flexibility index (Phi) is 6.55. The number of benzene rings is 1. The number of aliphatic hydroxyl groups excluding tert-OH is 1. The van der Waals surface area contributed by atoms with Gasteiger partial charge in [0.1, 0.15) is 28.4 Å². The zero-order chi connectivity index (χ0) is 23.8. The van der Waals surface area contributed by atoms with Crippen LogP contribution in [-0.4, -0.2) is 41.5 Å². The van der Waals surface area contributed by atoms with Gasteiger partial charge in [0.05, 0.1) is 20.8 Å². The van der Waals surface area contributed by atoms with E-state index in [0.29, 0.717) is 24.3 Å². The molecular weight excluding hydrogens is 418 g/mol. The molecular formula is C27H35NO5. The van der Waals surface area contributed by atoms with Crippen molar-refractivity contribution in [1.82, 2.24) is 4.90 Å². The van der Waals surface area contributed by atoms with E-state index in [1.807, 2.05) is 12.1 Å². The minimum Gasteiger partial charge on any atom is -0.509 e. The number of allylic oxidation sites excluding steroid dienone is 1. The van der Waals surface area contributed by atoms with Gasteiger partial charge in [-0.15, -0.1) is 0 Å². The van der Waals surface area contributed by atoms with Gasteiger partial charge in [0.25, 0.3) is 5.91 Å². The van der Waals surface area contributed by atoms with Gasteiger partial charge < -0.3 is 19.5 Å². The zero-order valence-corrected chi connectivity index (χ0v) is 20.2. The van der Waals surface area contributed by atoms with E-state index < -0.39 is 5.54 Å². The SMILES string of the molecule is COc1ccc(CN2C(=O)C(C(=O)C3CCCCC3)=C(O)C23CCC(C)=C(C)C3)c(OC)c1. The highest BCUT2D eigenvalue weighted by atomic mass is 16.5. The number of carbonyl (C=O) groups is 2. The van der Waals surface area contributed by atoms with Gasteiger partial charge in [0, 0.05) is 17.5 Å². The van der Waals surface area contributed by atoms with Gasteiger partial charge in [0.15, 0.2) is 5.78 Å². The predicted molar refractivity (Wildman–Crippen MR) is 126 cm³/mol. The summed E-state index contributed by atoms with van der Waals surface area (Å²) in [4.78, 5) is 29.0. The number of ketones is 1. The molecule has 1 saturated carbocycles. The Morgan fingerprint density at radius 3 is 2.48 bits per heavy atom. The summed E-state index contributed by atoms with van der Waals surface area (Å²) in [6.45, 7) is 4.41. The lowest BCUT2D eigenvalue weighted by Gasteiger charge is -2.42. The van der Waals surface area contributed by atoms with Crippen LogP contribution in [0.25, 0.3) is 0 Å². The number of amides is 1. The Balaban J connectivity index is 1.75. The second kappa shape index (κ2) is 9.24. The van der Waals surface area contributed by atoms with Crippen molar-refractivity contribution in [2.45, 2.75) is 77.3 Å². The molecule has 33 heavy (non-hydrogen) atoms. The smallest absolute Gasteiger partial charge is 0.262 e. The van der Waals surface area contributed by atoms with E-state index in [0.717, 1.165) is 44.1 Å². The first kappa shape index (κ1) is 23.4. The van der Waals surface area contributed by atoms with E-state index >= 15 is 0 Å². The van der Waals surface area contributed by atoms with Crippen molar-refractivity contribution in [1.29, 1.82) is 0 Å². The Morgan fingerprint density at radius 1 is 1.12 bits per heavy atom.